The predicted octanol–water partition coefficient (Wildman–Crippen LogP) is 4.56. The van der Waals surface area contributed by atoms with E-state index >= 15 is 0 Å². The smallest absolute Gasteiger partial charge is 0.271 e. The van der Waals surface area contributed by atoms with Gasteiger partial charge in [-0.05, 0) is 46.3 Å². The lowest BCUT2D eigenvalue weighted by Gasteiger charge is -2.10. The Morgan fingerprint density at radius 1 is 1.19 bits per heavy atom. The van der Waals surface area contributed by atoms with Crippen LogP contribution in [0.1, 0.15) is 15.9 Å². The first-order chi connectivity index (χ1) is 13.0. The predicted molar refractivity (Wildman–Crippen MR) is 112 cm³/mol. The lowest BCUT2D eigenvalue weighted by atomic mass is 10.2. The molecule has 0 aliphatic heterocycles. The molecule has 0 unspecified atom stereocenters. The van der Waals surface area contributed by atoms with Gasteiger partial charge in [-0.15, -0.1) is 0 Å². The molecular formula is C19H18Br2N2O4. The molecule has 2 aromatic carbocycles. The summed E-state index contributed by atoms with van der Waals surface area (Å²) < 4.78 is 17.6. The highest BCUT2D eigenvalue weighted by atomic mass is 79.9. The molecule has 0 aromatic heterocycles. The monoisotopic (exact) mass is 496 g/mol. The summed E-state index contributed by atoms with van der Waals surface area (Å²) in [7, 11) is 3.04. The normalized spacial score (nSPS) is 10.5. The van der Waals surface area contributed by atoms with Gasteiger partial charge in [0.15, 0.2) is 11.5 Å². The third-order valence-corrected chi connectivity index (χ3v) is 4.44. The van der Waals surface area contributed by atoms with E-state index in [-0.39, 0.29) is 5.91 Å². The van der Waals surface area contributed by atoms with Crippen LogP contribution in [-0.2, 0) is 0 Å². The van der Waals surface area contributed by atoms with Gasteiger partial charge in [-0.25, -0.2) is 5.43 Å². The zero-order chi connectivity index (χ0) is 19.8. The molecule has 0 saturated carbocycles. The van der Waals surface area contributed by atoms with Crippen molar-refractivity contribution in [1.82, 2.24) is 5.43 Å². The van der Waals surface area contributed by atoms with Crippen molar-refractivity contribution in [1.29, 1.82) is 0 Å². The van der Waals surface area contributed by atoms with Gasteiger partial charge in [-0.1, -0.05) is 28.6 Å². The van der Waals surface area contributed by atoms with Gasteiger partial charge < -0.3 is 14.2 Å². The Kier molecular flexibility index (Phi) is 7.87. The van der Waals surface area contributed by atoms with Crippen molar-refractivity contribution in [2.75, 3.05) is 20.8 Å². The van der Waals surface area contributed by atoms with E-state index in [4.69, 9.17) is 14.2 Å². The number of carbonyl (C=O) groups excluding carboxylic acids is 1. The van der Waals surface area contributed by atoms with Gasteiger partial charge in [0.2, 0.25) is 0 Å². The van der Waals surface area contributed by atoms with Crippen LogP contribution in [0.25, 0.3) is 0 Å². The van der Waals surface area contributed by atoms with E-state index in [9.17, 15) is 4.79 Å². The van der Waals surface area contributed by atoms with Crippen LogP contribution in [0.2, 0.25) is 0 Å². The highest BCUT2D eigenvalue weighted by molar-refractivity contribution is 9.11. The van der Waals surface area contributed by atoms with Crippen molar-refractivity contribution in [3.05, 3.63) is 63.1 Å². The molecule has 27 heavy (non-hydrogen) atoms. The van der Waals surface area contributed by atoms with Crippen molar-refractivity contribution in [3.63, 3.8) is 0 Å². The number of ether oxygens (including phenoxy) is 3. The Bertz CT molecular complexity index is 869. The van der Waals surface area contributed by atoms with Crippen molar-refractivity contribution in [3.8, 4) is 17.2 Å². The minimum atomic E-state index is -0.380. The van der Waals surface area contributed by atoms with E-state index in [1.165, 1.54) is 20.4 Å². The average Bonchev–Trinajstić information content (AvgIpc) is 2.66. The quantitative estimate of drug-likeness (QED) is 0.330. The van der Waals surface area contributed by atoms with Gasteiger partial charge in [0.1, 0.15) is 12.4 Å². The number of nitrogens with zero attached hydrogens (tertiary/aromatic N) is 1. The number of rotatable bonds is 8. The third kappa shape index (κ3) is 5.58. The van der Waals surface area contributed by atoms with Crippen LogP contribution >= 0.6 is 31.9 Å². The maximum atomic E-state index is 12.3. The van der Waals surface area contributed by atoms with Crippen molar-refractivity contribution in [2.24, 2.45) is 5.10 Å². The van der Waals surface area contributed by atoms with Crippen LogP contribution < -0.4 is 19.6 Å². The molecule has 142 valence electrons. The summed E-state index contributed by atoms with van der Waals surface area (Å²) >= 11 is 6.87. The number of carbonyl (C=O) groups is 1. The SMILES string of the molecule is C=CCOc1c(Br)cc(Br)cc1/C=N/NC(=O)c1ccc(OC)c(OC)c1. The van der Waals surface area contributed by atoms with E-state index in [0.717, 1.165) is 8.95 Å². The van der Waals surface area contributed by atoms with E-state index in [1.54, 1.807) is 24.3 Å². The fourth-order valence-electron chi connectivity index (χ4n) is 2.17. The number of benzene rings is 2. The van der Waals surface area contributed by atoms with Gasteiger partial charge in [0, 0.05) is 15.6 Å². The number of halogens is 2. The van der Waals surface area contributed by atoms with E-state index < -0.39 is 0 Å². The summed E-state index contributed by atoms with van der Waals surface area (Å²) in [5.74, 6) is 1.22. The highest BCUT2D eigenvalue weighted by Crippen LogP contribution is 2.32. The Balaban J connectivity index is 2.17. The number of hydrogen-bond donors (Lipinski definition) is 1. The molecule has 0 aliphatic rings. The molecule has 1 N–H and O–H groups in total. The second-order valence-electron chi connectivity index (χ2n) is 5.17. The van der Waals surface area contributed by atoms with Gasteiger partial charge in [-0.3, -0.25) is 4.79 Å². The first-order valence-corrected chi connectivity index (χ1v) is 9.37. The lowest BCUT2D eigenvalue weighted by molar-refractivity contribution is 0.0954. The van der Waals surface area contributed by atoms with Crippen molar-refractivity contribution < 1.29 is 19.0 Å². The van der Waals surface area contributed by atoms with Crippen LogP contribution in [0.5, 0.6) is 17.2 Å². The molecule has 0 bridgehead atoms. The standard InChI is InChI=1S/C19H18Br2N2O4/c1-4-7-27-18-13(8-14(20)10-15(18)21)11-22-23-19(24)12-5-6-16(25-2)17(9-12)26-3/h4-6,8-11H,1,7H2,2-3H3,(H,23,24)/b22-11+. The molecule has 1 amide bonds. The molecule has 0 heterocycles. The van der Waals surface area contributed by atoms with Gasteiger partial charge in [0.25, 0.3) is 5.91 Å². The van der Waals surface area contributed by atoms with Gasteiger partial charge >= 0.3 is 0 Å². The molecule has 8 heteroatoms. The molecule has 0 radical (unpaired) electrons. The number of hydrazone groups is 1. The van der Waals surface area contributed by atoms with E-state index in [1.807, 2.05) is 12.1 Å². The maximum absolute atomic E-state index is 12.3. The van der Waals surface area contributed by atoms with Crippen LogP contribution in [-0.4, -0.2) is 32.9 Å². The van der Waals surface area contributed by atoms with Crippen molar-refractivity contribution in [2.45, 2.75) is 0 Å². The lowest BCUT2D eigenvalue weighted by Crippen LogP contribution is -2.17. The second-order valence-corrected chi connectivity index (χ2v) is 6.94. The first-order valence-electron chi connectivity index (χ1n) is 7.78. The fraction of sp³-hybridized carbons (Fsp3) is 0.158. The number of hydrogen-bond acceptors (Lipinski definition) is 5. The molecule has 2 rings (SSSR count). The Morgan fingerprint density at radius 2 is 1.93 bits per heavy atom. The summed E-state index contributed by atoms with van der Waals surface area (Å²) in [5.41, 5.74) is 3.56. The van der Waals surface area contributed by atoms with Gasteiger partial charge in [0.05, 0.1) is 24.9 Å². The Hall–Kier alpha value is -2.32. The summed E-state index contributed by atoms with van der Waals surface area (Å²) in [6, 6.07) is 8.55. The summed E-state index contributed by atoms with van der Waals surface area (Å²) in [5, 5.41) is 4.02. The molecule has 0 atom stereocenters. The number of amides is 1. The largest absolute Gasteiger partial charge is 0.493 e. The van der Waals surface area contributed by atoms with Crippen LogP contribution in [0.3, 0.4) is 0 Å². The molecular weight excluding hydrogens is 480 g/mol. The highest BCUT2D eigenvalue weighted by Gasteiger charge is 2.11. The van der Waals surface area contributed by atoms with E-state index in [2.05, 4.69) is 49.0 Å². The number of nitrogens with one attached hydrogen (secondary N) is 1. The second kappa shape index (κ2) is 10.1. The molecule has 0 fully saturated rings. The summed E-state index contributed by atoms with van der Waals surface area (Å²) in [4.78, 5) is 12.3. The van der Waals surface area contributed by atoms with Crippen LogP contribution in [0, 0.1) is 0 Å². The maximum Gasteiger partial charge on any atom is 0.271 e. The molecule has 0 aliphatic carbocycles. The topological polar surface area (TPSA) is 69.2 Å². The van der Waals surface area contributed by atoms with Crippen LogP contribution in [0.15, 0.2) is 57.0 Å². The zero-order valence-corrected chi connectivity index (χ0v) is 18.0. The minimum Gasteiger partial charge on any atom is -0.493 e. The molecule has 6 nitrogen and oxygen atoms in total. The zero-order valence-electron chi connectivity index (χ0n) is 14.8. The molecule has 0 saturated heterocycles. The van der Waals surface area contributed by atoms with Crippen LogP contribution in [0.4, 0.5) is 0 Å². The van der Waals surface area contributed by atoms with Crippen molar-refractivity contribution >= 4 is 44.0 Å². The fourth-order valence-corrected chi connectivity index (χ4v) is 3.55. The summed E-state index contributed by atoms with van der Waals surface area (Å²) in [6.07, 6.45) is 3.15. The van der Waals surface area contributed by atoms with E-state index in [0.29, 0.717) is 35.0 Å². The van der Waals surface area contributed by atoms with Gasteiger partial charge in [-0.2, -0.15) is 5.10 Å². The first kappa shape index (κ1) is 21.0. The number of methoxy groups -OCH3 is 2. The molecule has 0 spiro atoms. The third-order valence-electron chi connectivity index (χ3n) is 3.40. The summed E-state index contributed by atoms with van der Waals surface area (Å²) in [6.45, 7) is 3.98. The minimum absolute atomic E-state index is 0.346. The Morgan fingerprint density at radius 3 is 2.59 bits per heavy atom. The Labute approximate surface area is 174 Å². The molecule has 2 aromatic rings. The average molecular weight is 498 g/mol.